The highest BCUT2D eigenvalue weighted by Crippen LogP contribution is 2.47. The van der Waals surface area contributed by atoms with Crippen molar-refractivity contribution < 1.29 is 9.90 Å². The molecular formula is C16H23N3O2. The number of fused-ring (bicyclic) bond motifs is 3. The second-order valence-electron chi connectivity index (χ2n) is 5.92. The summed E-state index contributed by atoms with van der Waals surface area (Å²) in [4.78, 5) is 16.3. The Morgan fingerprint density at radius 2 is 2.19 bits per heavy atom. The zero-order chi connectivity index (χ0) is 15.0. The van der Waals surface area contributed by atoms with Gasteiger partial charge in [0.25, 0.3) is 0 Å². The molecule has 0 radical (unpaired) electrons. The molecular weight excluding hydrogens is 266 g/mol. The number of amides is 2. The molecule has 5 heteroatoms. The Hall–Kier alpha value is -1.75. The minimum absolute atomic E-state index is 0.0127. The van der Waals surface area contributed by atoms with E-state index >= 15 is 0 Å². The van der Waals surface area contributed by atoms with Crippen molar-refractivity contribution in [3.05, 3.63) is 29.8 Å². The topological polar surface area (TPSA) is 55.8 Å². The minimum atomic E-state index is -0.110. The molecule has 1 aromatic carbocycles. The van der Waals surface area contributed by atoms with Crippen LogP contribution in [0.25, 0.3) is 0 Å². The van der Waals surface area contributed by atoms with Crippen LogP contribution >= 0.6 is 0 Å². The second kappa shape index (κ2) is 5.56. The first-order valence-corrected chi connectivity index (χ1v) is 7.66. The average Bonchev–Trinajstić information content (AvgIpc) is 2.48. The molecule has 2 heterocycles. The molecule has 1 fully saturated rings. The highest BCUT2D eigenvalue weighted by molar-refractivity contribution is 5.78. The smallest absolute Gasteiger partial charge is 0.318 e. The van der Waals surface area contributed by atoms with E-state index in [1.807, 2.05) is 24.0 Å². The molecule has 0 spiro atoms. The van der Waals surface area contributed by atoms with E-state index in [0.717, 1.165) is 13.0 Å². The predicted octanol–water partition coefficient (Wildman–Crippen LogP) is 1.38. The number of anilines is 1. The number of rotatable bonds is 3. The van der Waals surface area contributed by atoms with Gasteiger partial charge in [-0.25, -0.2) is 4.79 Å². The van der Waals surface area contributed by atoms with Crippen molar-refractivity contribution in [2.24, 2.45) is 0 Å². The SMILES string of the molecule is CCCNC(=O)N1[C@@H]2CN(C)c3ccccc3[C@@H]2[C@@H]1CO. The van der Waals surface area contributed by atoms with E-state index in [-0.39, 0.29) is 30.6 Å². The fraction of sp³-hybridized carbons (Fsp3) is 0.562. The zero-order valence-corrected chi connectivity index (χ0v) is 12.6. The summed E-state index contributed by atoms with van der Waals surface area (Å²) >= 11 is 0. The van der Waals surface area contributed by atoms with E-state index in [4.69, 9.17) is 0 Å². The van der Waals surface area contributed by atoms with E-state index in [2.05, 4.69) is 29.4 Å². The molecule has 0 saturated carbocycles. The van der Waals surface area contributed by atoms with Crippen molar-refractivity contribution >= 4 is 11.7 Å². The number of likely N-dealkylation sites (tertiary alicyclic amines) is 1. The highest BCUT2D eigenvalue weighted by atomic mass is 16.3. The summed E-state index contributed by atoms with van der Waals surface area (Å²) < 4.78 is 0. The number of hydrogen-bond acceptors (Lipinski definition) is 3. The lowest BCUT2D eigenvalue weighted by molar-refractivity contribution is -0.00718. The molecule has 114 valence electrons. The second-order valence-corrected chi connectivity index (χ2v) is 5.92. The van der Waals surface area contributed by atoms with Gasteiger partial charge < -0.3 is 20.2 Å². The summed E-state index contributed by atoms with van der Waals surface area (Å²) in [6.07, 6.45) is 0.917. The van der Waals surface area contributed by atoms with Crippen molar-refractivity contribution in [1.29, 1.82) is 0 Å². The molecule has 2 amide bonds. The Bertz CT molecular complexity index is 534. The number of hydrogen-bond donors (Lipinski definition) is 2. The molecule has 2 aliphatic rings. The van der Waals surface area contributed by atoms with Gasteiger partial charge in [0, 0.05) is 31.7 Å². The number of nitrogens with zero attached hydrogens (tertiary/aromatic N) is 2. The fourth-order valence-electron chi connectivity index (χ4n) is 3.68. The van der Waals surface area contributed by atoms with Gasteiger partial charge in [-0.1, -0.05) is 25.1 Å². The fourth-order valence-corrected chi connectivity index (χ4v) is 3.68. The monoisotopic (exact) mass is 289 g/mol. The molecule has 3 rings (SSSR count). The Labute approximate surface area is 125 Å². The zero-order valence-electron chi connectivity index (χ0n) is 12.6. The average molecular weight is 289 g/mol. The van der Waals surface area contributed by atoms with Crippen LogP contribution in [-0.2, 0) is 0 Å². The van der Waals surface area contributed by atoms with E-state index < -0.39 is 0 Å². The quantitative estimate of drug-likeness (QED) is 0.884. The Morgan fingerprint density at radius 1 is 1.43 bits per heavy atom. The third kappa shape index (κ3) is 2.16. The molecule has 2 N–H and O–H groups in total. The lowest BCUT2D eigenvalue weighted by atomic mass is 9.72. The van der Waals surface area contributed by atoms with Crippen LogP contribution in [0, 0.1) is 0 Å². The molecule has 3 atom stereocenters. The first-order valence-electron chi connectivity index (χ1n) is 7.66. The third-order valence-corrected chi connectivity index (χ3v) is 4.66. The number of carbonyl (C=O) groups is 1. The van der Waals surface area contributed by atoms with Crippen molar-refractivity contribution in [3.8, 4) is 0 Å². The Morgan fingerprint density at radius 3 is 2.90 bits per heavy atom. The lowest BCUT2D eigenvalue weighted by Crippen LogP contribution is -2.71. The van der Waals surface area contributed by atoms with Crippen LogP contribution in [0.4, 0.5) is 10.5 Å². The maximum Gasteiger partial charge on any atom is 0.318 e. The number of para-hydroxylation sites is 1. The van der Waals surface area contributed by atoms with Crippen LogP contribution in [0.1, 0.15) is 24.8 Å². The van der Waals surface area contributed by atoms with Gasteiger partial charge >= 0.3 is 6.03 Å². The minimum Gasteiger partial charge on any atom is -0.394 e. The molecule has 0 bridgehead atoms. The molecule has 1 saturated heterocycles. The molecule has 21 heavy (non-hydrogen) atoms. The van der Waals surface area contributed by atoms with Crippen LogP contribution in [-0.4, -0.2) is 54.9 Å². The van der Waals surface area contributed by atoms with Crippen molar-refractivity contribution in [2.45, 2.75) is 31.3 Å². The van der Waals surface area contributed by atoms with Crippen LogP contribution in [0.5, 0.6) is 0 Å². The van der Waals surface area contributed by atoms with Crippen molar-refractivity contribution in [2.75, 3.05) is 31.6 Å². The van der Waals surface area contributed by atoms with E-state index in [0.29, 0.717) is 6.54 Å². The molecule has 0 aromatic heterocycles. The number of likely N-dealkylation sites (N-methyl/N-ethyl adjacent to an activating group) is 1. The summed E-state index contributed by atoms with van der Waals surface area (Å²) in [6.45, 7) is 3.54. The summed E-state index contributed by atoms with van der Waals surface area (Å²) in [6, 6.07) is 8.29. The standard InChI is InChI=1S/C16H23N3O2/c1-3-8-17-16(21)19-13-9-18(2)12-7-5-4-6-11(12)15(13)14(19)10-20/h4-7,13-15,20H,3,8-10H2,1-2H3,(H,17,21)/t13-,14+,15+/m1/s1. The summed E-state index contributed by atoms with van der Waals surface area (Å²) in [5, 5.41) is 12.7. The largest absolute Gasteiger partial charge is 0.394 e. The van der Waals surface area contributed by atoms with Gasteiger partial charge in [0.05, 0.1) is 18.7 Å². The van der Waals surface area contributed by atoms with E-state index in [9.17, 15) is 9.90 Å². The van der Waals surface area contributed by atoms with E-state index in [1.54, 1.807) is 0 Å². The maximum absolute atomic E-state index is 12.3. The van der Waals surface area contributed by atoms with Gasteiger partial charge in [-0.2, -0.15) is 0 Å². The number of carbonyl (C=O) groups excluding carboxylic acids is 1. The van der Waals surface area contributed by atoms with Gasteiger partial charge in [0.1, 0.15) is 0 Å². The number of nitrogens with one attached hydrogen (secondary N) is 1. The van der Waals surface area contributed by atoms with Gasteiger partial charge in [-0.15, -0.1) is 0 Å². The van der Waals surface area contributed by atoms with Gasteiger partial charge in [-0.3, -0.25) is 0 Å². The first-order chi connectivity index (χ1) is 10.2. The summed E-state index contributed by atoms with van der Waals surface area (Å²) in [7, 11) is 2.06. The third-order valence-electron chi connectivity index (χ3n) is 4.66. The maximum atomic E-state index is 12.3. The molecule has 1 aromatic rings. The summed E-state index contributed by atoms with van der Waals surface area (Å²) in [5.41, 5.74) is 2.46. The van der Waals surface area contributed by atoms with E-state index in [1.165, 1.54) is 11.3 Å². The number of aliphatic hydroxyl groups is 1. The van der Waals surface area contributed by atoms with Gasteiger partial charge in [0.2, 0.25) is 0 Å². The predicted molar refractivity (Wildman–Crippen MR) is 82.6 cm³/mol. The highest BCUT2D eigenvalue weighted by Gasteiger charge is 2.54. The molecule has 2 aliphatic heterocycles. The van der Waals surface area contributed by atoms with Gasteiger partial charge in [-0.05, 0) is 18.1 Å². The van der Waals surface area contributed by atoms with Crippen LogP contribution in [0.2, 0.25) is 0 Å². The van der Waals surface area contributed by atoms with Crippen molar-refractivity contribution in [3.63, 3.8) is 0 Å². The molecule has 5 nitrogen and oxygen atoms in total. The summed E-state index contributed by atoms with van der Waals surface area (Å²) in [5.74, 6) is 0.245. The number of urea groups is 1. The van der Waals surface area contributed by atoms with Crippen LogP contribution < -0.4 is 10.2 Å². The normalized spacial score (nSPS) is 26.7. The first kappa shape index (κ1) is 14.2. The Balaban J connectivity index is 1.86. The van der Waals surface area contributed by atoms with Crippen LogP contribution in [0.3, 0.4) is 0 Å². The molecule has 0 aliphatic carbocycles. The lowest BCUT2D eigenvalue weighted by Gasteiger charge is -2.58. The Kier molecular flexibility index (Phi) is 3.76. The number of aliphatic hydroxyl groups excluding tert-OH is 1. The van der Waals surface area contributed by atoms with Gasteiger partial charge in [0.15, 0.2) is 0 Å². The molecule has 0 unspecified atom stereocenters. The number of benzene rings is 1. The van der Waals surface area contributed by atoms with Crippen molar-refractivity contribution in [1.82, 2.24) is 10.2 Å². The van der Waals surface area contributed by atoms with Crippen LogP contribution in [0.15, 0.2) is 24.3 Å².